The van der Waals surface area contributed by atoms with Crippen LogP contribution in [0.15, 0.2) is 0 Å². The second kappa shape index (κ2) is 18.9. The molecule has 0 fully saturated rings. The number of carbonyl (C=O) groups excluding carboxylic acids is 2. The molecule has 0 spiro atoms. The first-order valence-electron chi connectivity index (χ1n) is 11.7. The van der Waals surface area contributed by atoms with Crippen molar-refractivity contribution in [2.75, 3.05) is 26.9 Å². The molecule has 0 aliphatic carbocycles. The summed E-state index contributed by atoms with van der Waals surface area (Å²) in [6.45, 7) is 9.76. The monoisotopic (exact) mass is 414 g/mol. The zero-order valence-corrected chi connectivity index (χ0v) is 19.7. The van der Waals surface area contributed by atoms with E-state index in [0.29, 0.717) is 31.5 Å². The molecule has 0 aromatic carbocycles. The maximum atomic E-state index is 12.3. The summed E-state index contributed by atoms with van der Waals surface area (Å²) in [5.41, 5.74) is 0. The van der Waals surface area contributed by atoms with Crippen molar-refractivity contribution in [3.8, 4) is 0 Å². The smallest absolute Gasteiger partial charge is 0.306 e. The summed E-state index contributed by atoms with van der Waals surface area (Å²) in [6, 6.07) is 0. The first kappa shape index (κ1) is 27.9. The second-order valence-electron chi connectivity index (χ2n) is 8.56. The Labute approximate surface area is 179 Å². The van der Waals surface area contributed by atoms with Crippen LogP contribution in [0.25, 0.3) is 0 Å². The summed E-state index contributed by atoms with van der Waals surface area (Å²) < 4.78 is 16.1. The molecule has 0 radical (unpaired) electrons. The van der Waals surface area contributed by atoms with E-state index < -0.39 is 0 Å². The maximum Gasteiger partial charge on any atom is 0.306 e. The second-order valence-corrected chi connectivity index (χ2v) is 8.56. The van der Waals surface area contributed by atoms with Gasteiger partial charge in [0.15, 0.2) is 0 Å². The summed E-state index contributed by atoms with van der Waals surface area (Å²) >= 11 is 0. The highest BCUT2D eigenvalue weighted by Gasteiger charge is 2.20. The first-order valence-corrected chi connectivity index (χ1v) is 11.7. The van der Waals surface area contributed by atoms with Gasteiger partial charge in [-0.1, -0.05) is 72.6 Å². The Hall–Kier alpha value is -1.10. The minimum atomic E-state index is -0.235. The minimum absolute atomic E-state index is 0.158. The zero-order chi connectivity index (χ0) is 21.9. The molecule has 172 valence electrons. The standard InChI is InChI=1S/C24H46O5/c1-6-8-10-11-12-13-15-23(25)28-18-21(17-27-5)16-24(26)29-19-22(20(3)4)14-9-7-2/h20-22H,6-19H2,1-5H3. The molecule has 0 heterocycles. The summed E-state index contributed by atoms with van der Waals surface area (Å²) in [6.07, 6.45) is 10.9. The molecule has 0 aliphatic heterocycles. The molecule has 0 saturated carbocycles. The van der Waals surface area contributed by atoms with E-state index in [1.807, 2.05) is 0 Å². The Morgan fingerprint density at radius 3 is 2.00 bits per heavy atom. The molecule has 0 amide bonds. The van der Waals surface area contributed by atoms with E-state index in [1.165, 1.54) is 25.7 Å². The lowest BCUT2D eigenvalue weighted by molar-refractivity contribution is -0.152. The van der Waals surface area contributed by atoms with Crippen LogP contribution in [-0.2, 0) is 23.8 Å². The fraction of sp³-hybridized carbons (Fsp3) is 0.917. The summed E-state index contributed by atoms with van der Waals surface area (Å²) in [7, 11) is 1.59. The van der Waals surface area contributed by atoms with Crippen LogP contribution in [0.1, 0.15) is 98.3 Å². The van der Waals surface area contributed by atoms with Gasteiger partial charge in [-0.25, -0.2) is 0 Å². The number of hydrogen-bond acceptors (Lipinski definition) is 5. The molecule has 0 N–H and O–H groups in total. The van der Waals surface area contributed by atoms with Crippen molar-refractivity contribution in [3.05, 3.63) is 0 Å². The van der Waals surface area contributed by atoms with Crippen molar-refractivity contribution < 1.29 is 23.8 Å². The van der Waals surface area contributed by atoms with Gasteiger partial charge in [-0.2, -0.15) is 0 Å². The quantitative estimate of drug-likeness (QED) is 0.193. The maximum absolute atomic E-state index is 12.3. The highest BCUT2D eigenvalue weighted by Crippen LogP contribution is 2.19. The van der Waals surface area contributed by atoms with Crippen molar-refractivity contribution in [1.29, 1.82) is 0 Å². The highest BCUT2D eigenvalue weighted by atomic mass is 16.5. The number of rotatable bonds is 19. The first-order chi connectivity index (χ1) is 13.9. The number of carbonyl (C=O) groups is 2. The van der Waals surface area contributed by atoms with Crippen LogP contribution >= 0.6 is 0 Å². The molecule has 0 aromatic rings. The average Bonchev–Trinajstić information content (AvgIpc) is 2.68. The van der Waals surface area contributed by atoms with Gasteiger partial charge in [0, 0.05) is 19.4 Å². The molecule has 0 aromatic heterocycles. The molecule has 2 unspecified atom stereocenters. The topological polar surface area (TPSA) is 61.8 Å². The number of hydrogen-bond donors (Lipinski definition) is 0. The number of unbranched alkanes of at least 4 members (excludes halogenated alkanes) is 6. The predicted molar refractivity (Wildman–Crippen MR) is 118 cm³/mol. The molecule has 0 saturated heterocycles. The highest BCUT2D eigenvalue weighted by molar-refractivity contribution is 5.70. The molecule has 0 aliphatic rings. The Balaban J connectivity index is 4.15. The lowest BCUT2D eigenvalue weighted by Crippen LogP contribution is -2.24. The normalized spacial score (nSPS) is 13.3. The van der Waals surface area contributed by atoms with Crippen molar-refractivity contribution in [1.82, 2.24) is 0 Å². The fourth-order valence-electron chi connectivity index (χ4n) is 3.30. The molecular weight excluding hydrogens is 368 g/mol. The van der Waals surface area contributed by atoms with Gasteiger partial charge >= 0.3 is 11.9 Å². The van der Waals surface area contributed by atoms with Crippen LogP contribution in [0.3, 0.4) is 0 Å². The zero-order valence-electron chi connectivity index (χ0n) is 19.7. The van der Waals surface area contributed by atoms with Crippen molar-refractivity contribution >= 4 is 11.9 Å². The van der Waals surface area contributed by atoms with Gasteiger partial charge in [0.1, 0.15) is 0 Å². The number of methoxy groups -OCH3 is 1. The van der Waals surface area contributed by atoms with E-state index in [-0.39, 0.29) is 30.9 Å². The van der Waals surface area contributed by atoms with Gasteiger partial charge in [-0.3, -0.25) is 9.59 Å². The van der Waals surface area contributed by atoms with Crippen LogP contribution in [-0.4, -0.2) is 38.9 Å². The third-order valence-electron chi connectivity index (χ3n) is 5.40. The van der Waals surface area contributed by atoms with E-state index in [1.54, 1.807) is 7.11 Å². The van der Waals surface area contributed by atoms with Gasteiger partial charge in [-0.15, -0.1) is 0 Å². The van der Waals surface area contributed by atoms with Crippen LogP contribution in [0, 0.1) is 17.8 Å². The Kier molecular flexibility index (Phi) is 18.2. The predicted octanol–water partition coefficient (Wildman–Crippen LogP) is 5.94. The lowest BCUT2D eigenvalue weighted by atomic mass is 9.91. The molecular formula is C24H46O5. The van der Waals surface area contributed by atoms with Gasteiger partial charge in [0.25, 0.3) is 0 Å². The molecule has 5 heteroatoms. The van der Waals surface area contributed by atoms with E-state index in [9.17, 15) is 9.59 Å². The Morgan fingerprint density at radius 1 is 0.759 bits per heavy atom. The van der Waals surface area contributed by atoms with Gasteiger partial charge in [0.2, 0.25) is 0 Å². The fourth-order valence-corrected chi connectivity index (χ4v) is 3.30. The Morgan fingerprint density at radius 2 is 1.38 bits per heavy atom. The molecule has 2 atom stereocenters. The van der Waals surface area contributed by atoms with E-state index in [4.69, 9.17) is 14.2 Å². The number of ether oxygens (including phenoxy) is 3. The summed E-state index contributed by atoms with van der Waals surface area (Å²) in [5, 5.41) is 0. The largest absolute Gasteiger partial charge is 0.465 e. The van der Waals surface area contributed by atoms with Crippen LogP contribution in [0.2, 0.25) is 0 Å². The van der Waals surface area contributed by atoms with Crippen LogP contribution in [0.5, 0.6) is 0 Å². The third kappa shape index (κ3) is 16.4. The third-order valence-corrected chi connectivity index (χ3v) is 5.40. The number of esters is 2. The van der Waals surface area contributed by atoms with Crippen LogP contribution in [0.4, 0.5) is 0 Å². The van der Waals surface area contributed by atoms with E-state index >= 15 is 0 Å². The van der Waals surface area contributed by atoms with Crippen molar-refractivity contribution in [2.24, 2.45) is 17.8 Å². The average molecular weight is 415 g/mol. The van der Waals surface area contributed by atoms with Gasteiger partial charge in [-0.05, 0) is 24.7 Å². The van der Waals surface area contributed by atoms with Crippen molar-refractivity contribution in [2.45, 2.75) is 98.3 Å². The molecule has 0 rings (SSSR count). The lowest BCUT2D eigenvalue weighted by Gasteiger charge is -2.21. The molecule has 5 nitrogen and oxygen atoms in total. The molecule has 29 heavy (non-hydrogen) atoms. The SMILES string of the molecule is CCCCCCCCC(=O)OCC(COC)CC(=O)OCC(CCCC)C(C)C. The molecule has 0 bridgehead atoms. The van der Waals surface area contributed by atoms with E-state index in [0.717, 1.165) is 32.1 Å². The van der Waals surface area contributed by atoms with E-state index in [2.05, 4.69) is 27.7 Å². The summed E-state index contributed by atoms with van der Waals surface area (Å²) in [5.74, 6) is 0.312. The van der Waals surface area contributed by atoms with Crippen molar-refractivity contribution in [3.63, 3.8) is 0 Å². The van der Waals surface area contributed by atoms with Gasteiger partial charge < -0.3 is 14.2 Å². The Bertz CT molecular complexity index is 408. The summed E-state index contributed by atoms with van der Waals surface area (Å²) in [4.78, 5) is 24.2. The van der Waals surface area contributed by atoms with Crippen LogP contribution < -0.4 is 0 Å². The minimum Gasteiger partial charge on any atom is -0.465 e. The van der Waals surface area contributed by atoms with Gasteiger partial charge in [0.05, 0.1) is 26.2 Å².